The average molecular weight is 520 g/mol. The van der Waals surface area contributed by atoms with Crippen LogP contribution in [0.3, 0.4) is 0 Å². The summed E-state index contributed by atoms with van der Waals surface area (Å²) in [4.78, 5) is 5.88. The Morgan fingerprint density at radius 1 is 1.15 bits per heavy atom. The van der Waals surface area contributed by atoms with Gasteiger partial charge in [0, 0.05) is 35.2 Å². The quantitative estimate of drug-likeness (QED) is 0.385. The van der Waals surface area contributed by atoms with Gasteiger partial charge >= 0.3 is 0 Å². The molecule has 2 aromatic heterocycles. The summed E-state index contributed by atoms with van der Waals surface area (Å²) >= 11 is 12.2. The number of aryl methyl sites for hydroxylation is 1. The Balaban J connectivity index is 1.39. The van der Waals surface area contributed by atoms with Gasteiger partial charge in [-0.1, -0.05) is 29.3 Å². The molecule has 34 heavy (non-hydrogen) atoms. The molecule has 0 radical (unpaired) electrons. The highest BCUT2D eigenvalue weighted by atomic mass is 35.5. The molecule has 3 heterocycles. The second-order valence-electron chi connectivity index (χ2n) is 8.19. The second kappa shape index (κ2) is 8.81. The van der Waals surface area contributed by atoms with E-state index in [1.165, 1.54) is 18.3 Å². The second-order valence-corrected chi connectivity index (χ2v) is 10.7. The van der Waals surface area contributed by atoms with E-state index >= 15 is 0 Å². The van der Waals surface area contributed by atoms with Gasteiger partial charge in [0.05, 0.1) is 28.6 Å². The number of hydrogen-bond acceptors (Lipinski definition) is 5. The highest BCUT2D eigenvalue weighted by Crippen LogP contribution is 2.32. The molecule has 0 amide bonds. The molecule has 0 unspecified atom stereocenters. The molecule has 7 nitrogen and oxygen atoms in total. The molecule has 0 aliphatic carbocycles. The maximum Gasteiger partial charge on any atom is 0.242 e. The smallest absolute Gasteiger partial charge is 0.242 e. The molecule has 1 atom stereocenters. The first-order valence-electron chi connectivity index (χ1n) is 10.5. The summed E-state index contributed by atoms with van der Waals surface area (Å²) in [5.74, 6) is -0.554. The van der Waals surface area contributed by atoms with Gasteiger partial charge in [-0.05, 0) is 55.3 Å². The van der Waals surface area contributed by atoms with Crippen LogP contribution in [-0.2, 0) is 10.0 Å². The molecule has 1 fully saturated rings. The summed E-state index contributed by atoms with van der Waals surface area (Å²) in [5, 5.41) is 5.86. The molecule has 0 spiro atoms. The maximum absolute atomic E-state index is 13.2. The molecule has 11 heteroatoms. The van der Waals surface area contributed by atoms with Gasteiger partial charge in [-0.2, -0.15) is 9.49 Å². The van der Waals surface area contributed by atoms with Crippen LogP contribution in [0.4, 0.5) is 10.1 Å². The fraction of sp³-hybridized carbons (Fsp3) is 0.217. The first kappa shape index (κ1) is 23.0. The first-order chi connectivity index (χ1) is 16.2. The Bertz CT molecular complexity index is 1470. The SMILES string of the molecule is Cc1cc(Cl)cc(Cl)c1S(=O)(=O)N[C@H]1CCN(c2cccc3c2cnn3-c2ccc(F)nc2)C1. The van der Waals surface area contributed by atoms with Gasteiger partial charge in [0.15, 0.2) is 0 Å². The van der Waals surface area contributed by atoms with Crippen LogP contribution >= 0.6 is 23.2 Å². The van der Waals surface area contributed by atoms with Crippen molar-refractivity contribution in [1.29, 1.82) is 0 Å². The molecule has 0 bridgehead atoms. The van der Waals surface area contributed by atoms with Crippen molar-refractivity contribution in [2.45, 2.75) is 24.3 Å². The molecule has 5 rings (SSSR count). The number of hydrogen-bond donors (Lipinski definition) is 1. The minimum Gasteiger partial charge on any atom is -0.369 e. The van der Waals surface area contributed by atoms with Gasteiger partial charge in [0.2, 0.25) is 16.0 Å². The summed E-state index contributed by atoms with van der Waals surface area (Å²) in [5.41, 5.74) is 2.93. The van der Waals surface area contributed by atoms with E-state index in [1.807, 2.05) is 18.2 Å². The summed E-state index contributed by atoms with van der Waals surface area (Å²) in [7, 11) is -3.83. The van der Waals surface area contributed by atoms with Crippen LogP contribution in [0.1, 0.15) is 12.0 Å². The minimum absolute atomic E-state index is 0.0494. The molecule has 4 aromatic rings. The van der Waals surface area contributed by atoms with Crippen molar-refractivity contribution in [3.05, 3.63) is 76.4 Å². The topological polar surface area (TPSA) is 80.1 Å². The van der Waals surface area contributed by atoms with Crippen molar-refractivity contribution >= 4 is 49.8 Å². The molecule has 0 saturated carbocycles. The van der Waals surface area contributed by atoms with Crippen molar-refractivity contribution in [3.63, 3.8) is 0 Å². The highest BCUT2D eigenvalue weighted by Gasteiger charge is 2.30. The van der Waals surface area contributed by atoms with Gasteiger partial charge in [-0.25, -0.2) is 22.8 Å². The van der Waals surface area contributed by atoms with Crippen molar-refractivity contribution in [2.24, 2.45) is 0 Å². The van der Waals surface area contributed by atoms with Crippen LogP contribution < -0.4 is 9.62 Å². The Kier molecular flexibility index (Phi) is 5.97. The lowest BCUT2D eigenvalue weighted by Crippen LogP contribution is -2.37. The van der Waals surface area contributed by atoms with E-state index in [4.69, 9.17) is 23.2 Å². The molecule has 1 N–H and O–H groups in total. The third kappa shape index (κ3) is 4.24. The predicted molar refractivity (Wildman–Crippen MR) is 131 cm³/mol. The Labute approximate surface area is 206 Å². The number of fused-ring (bicyclic) bond motifs is 1. The molecule has 176 valence electrons. The van der Waals surface area contributed by atoms with Gasteiger partial charge in [0.1, 0.15) is 4.90 Å². The zero-order valence-corrected chi connectivity index (χ0v) is 20.4. The molecular weight excluding hydrogens is 500 g/mol. The summed E-state index contributed by atoms with van der Waals surface area (Å²) < 4.78 is 43.9. The van der Waals surface area contributed by atoms with E-state index in [0.29, 0.717) is 35.8 Å². The zero-order chi connectivity index (χ0) is 24.0. The van der Waals surface area contributed by atoms with Crippen LogP contribution in [0.5, 0.6) is 0 Å². The largest absolute Gasteiger partial charge is 0.369 e. The third-order valence-electron chi connectivity index (χ3n) is 5.86. The number of pyridine rings is 1. The zero-order valence-electron chi connectivity index (χ0n) is 18.0. The monoisotopic (exact) mass is 519 g/mol. The lowest BCUT2D eigenvalue weighted by Gasteiger charge is -2.20. The van der Waals surface area contributed by atoms with Crippen LogP contribution in [0.25, 0.3) is 16.6 Å². The molecule has 1 aliphatic heterocycles. The van der Waals surface area contributed by atoms with Gasteiger partial charge in [-0.3, -0.25) is 0 Å². The Morgan fingerprint density at radius 2 is 1.97 bits per heavy atom. The fourth-order valence-corrected chi connectivity index (χ4v) is 6.84. The van der Waals surface area contributed by atoms with Crippen molar-refractivity contribution in [1.82, 2.24) is 19.5 Å². The number of nitrogens with zero attached hydrogens (tertiary/aromatic N) is 4. The standard InChI is InChI=1S/C23H20Cl2FN5O2S/c1-14-9-15(24)10-19(25)23(14)34(32,33)29-16-7-8-30(13-16)20-3-2-4-21-18(20)12-28-31(21)17-5-6-22(26)27-11-17/h2-6,9-12,16,29H,7-8,13H2,1H3/t16-/m0/s1. The lowest BCUT2D eigenvalue weighted by molar-refractivity contribution is 0.561. The van der Waals surface area contributed by atoms with Crippen LogP contribution in [0.15, 0.2) is 59.8 Å². The van der Waals surface area contributed by atoms with Crippen LogP contribution in [0, 0.1) is 12.9 Å². The number of sulfonamides is 1. The van der Waals surface area contributed by atoms with Crippen LogP contribution in [0.2, 0.25) is 10.0 Å². The average Bonchev–Trinajstić information content (AvgIpc) is 3.40. The molecular formula is C23H20Cl2FN5O2S. The van der Waals surface area contributed by atoms with E-state index < -0.39 is 16.0 Å². The summed E-state index contributed by atoms with van der Waals surface area (Å²) in [6.07, 6.45) is 3.82. The summed E-state index contributed by atoms with van der Waals surface area (Å²) in [6, 6.07) is 11.5. The van der Waals surface area contributed by atoms with Gasteiger partial charge in [-0.15, -0.1) is 0 Å². The predicted octanol–water partition coefficient (Wildman–Crippen LogP) is 4.73. The number of benzene rings is 2. The Morgan fingerprint density at radius 3 is 2.71 bits per heavy atom. The fourth-order valence-electron chi connectivity index (χ4n) is 4.39. The number of anilines is 1. The van der Waals surface area contributed by atoms with E-state index in [1.54, 1.807) is 29.9 Å². The van der Waals surface area contributed by atoms with Gasteiger partial charge in [0.25, 0.3) is 0 Å². The van der Waals surface area contributed by atoms with Crippen molar-refractivity contribution < 1.29 is 12.8 Å². The van der Waals surface area contributed by atoms with E-state index in [2.05, 4.69) is 19.7 Å². The van der Waals surface area contributed by atoms with E-state index in [9.17, 15) is 12.8 Å². The maximum atomic E-state index is 13.2. The van der Waals surface area contributed by atoms with Gasteiger partial charge < -0.3 is 4.90 Å². The minimum atomic E-state index is -3.83. The Hall–Kier alpha value is -2.72. The lowest BCUT2D eigenvalue weighted by atomic mass is 10.2. The normalized spacial score (nSPS) is 16.5. The molecule has 1 aliphatic rings. The van der Waals surface area contributed by atoms with E-state index in [-0.39, 0.29) is 16.0 Å². The van der Waals surface area contributed by atoms with Crippen LogP contribution in [-0.4, -0.2) is 42.3 Å². The molecule has 2 aromatic carbocycles. The molecule has 1 saturated heterocycles. The number of halogens is 3. The first-order valence-corrected chi connectivity index (χ1v) is 12.8. The number of aromatic nitrogens is 3. The van der Waals surface area contributed by atoms with Crippen molar-refractivity contribution in [2.75, 3.05) is 18.0 Å². The van der Waals surface area contributed by atoms with Crippen molar-refractivity contribution in [3.8, 4) is 5.69 Å². The number of rotatable bonds is 5. The summed E-state index contributed by atoms with van der Waals surface area (Å²) in [6.45, 7) is 2.83. The van der Waals surface area contributed by atoms with E-state index in [0.717, 1.165) is 16.6 Å². The number of nitrogens with one attached hydrogen (secondary N) is 1. The highest BCUT2D eigenvalue weighted by molar-refractivity contribution is 7.89. The third-order valence-corrected chi connectivity index (χ3v) is 8.21.